The van der Waals surface area contributed by atoms with Crippen molar-refractivity contribution >= 4 is 34.5 Å². The molecule has 17 heavy (non-hydrogen) atoms. The number of halogens is 1. The molecule has 0 heterocycles. The van der Waals surface area contributed by atoms with E-state index in [2.05, 4.69) is 33.7 Å². The summed E-state index contributed by atoms with van der Waals surface area (Å²) in [5, 5.41) is 8.94. The number of rotatable bonds is 2. The maximum Gasteiger partial charge on any atom is 0.0998 e. The first-order valence-corrected chi connectivity index (χ1v) is 6.16. The SMILES string of the molecule is N#Cc1ccccc1C=Nc1ccc(I)cc1. The second-order valence-electron chi connectivity index (χ2n) is 3.43. The fourth-order valence-electron chi connectivity index (χ4n) is 1.38. The summed E-state index contributed by atoms with van der Waals surface area (Å²) in [6, 6.07) is 17.5. The third kappa shape index (κ3) is 3.14. The highest BCUT2D eigenvalue weighted by atomic mass is 127. The van der Waals surface area contributed by atoms with Gasteiger partial charge in [0.1, 0.15) is 0 Å². The molecule has 0 amide bonds. The maximum absolute atomic E-state index is 8.94. The Labute approximate surface area is 114 Å². The molecule has 3 heteroatoms. The first-order chi connectivity index (χ1) is 8.29. The van der Waals surface area contributed by atoms with Crippen LogP contribution in [0.1, 0.15) is 11.1 Å². The van der Waals surface area contributed by atoms with Crippen LogP contribution < -0.4 is 0 Å². The van der Waals surface area contributed by atoms with Crippen molar-refractivity contribution < 1.29 is 0 Å². The zero-order chi connectivity index (χ0) is 12.1. The van der Waals surface area contributed by atoms with E-state index in [9.17, 15) is 0 Å². The van der Waals surface area contributed by atoms with Crippen LogP contribution in [-0.4, -0.2) is 6.21 Å². The summed E-state index contributed by atoms with van der Waals surface area (Å²) in [7, 11) is 0. The van der Waals surface area contributed by atoms with Gasteiger partial charge in [0.05, 0.1) is 17.3 Å². The van der Waals surface area contributed by atoms with E-state index in [0.29, 0.717) is 5.56 Å². The van der Waals surface area contributed by atoms with E-state index in [1.54, 1.807) is 12.3 Å². The Morgan fingerprint density at radius 3 is 2.47 bits per heavy atom. The van der Waals surface area contributed by atoms with Gasteiger partial charge in [-0.3, -0.25) is 4.99 Å². The monoisotopic (exact) mass is 332 g/mol. The number of benzene rings is 2. The Hall–Kier alpha value is -1.67. The topological polar surface area (TPSA) is 36.1 Å². The average Bonchev–Trinajstić information content (AvgIpc) is 2.38. The lowest BCUT2D eigenvalue weighted by Crippen LogP contribution is -1.86. The lowest BCUT2D eigenvalue weighted by atomic mass is 10.1. The van der Waals surface area contributed by atoms with Gasteiger partial charge in [0.15, 0.2) is 0 Å². The lowest BCUT2D eigenvalue weighted by molar-refractivity contribution is 1.46. The van der Waals surface area contributed by atoms with Crippen molar-refractivity contribution in [3.05, 3.63) is 63.2 Å². The summed E-state index contributed by atoms with van der Waals surface area (Å²) >= 11 is 2.25. The molecule has 0 aromatic heterocycles. The molecule has 0 unspecified atom stereocenters. The molecular weight excluding hydrogens is 323 g/mol. The first kappa shape index (κ1) is 11.8. The molecule has 0 spiro atoms. The van der Waals surface area contributed by atoms with Crippen LogP contribution in [0.2, 0.25) is 0 Å². The van der Waals surface area contributed by atoms with Gasteiger partial charge in [-0.25, -0.2) is 0 Å². The second kappa shape index (κ2) is 5.60. The normalized spacial score (nSPS) is 10.4. The van der Waals surface area contributed by atoms with Gasteiger partial charge < -0.3 is 0 Å². The van der Waals surface area contributed by atoms with Gasteiger partial charge >= 0.3 is 0 Å². The van der Waals surface area contributed by atoms with Crippen molar-refractivity contribution in [2.24, 2.45) is 4.99 Å². The Morgan fingerprint density at radius 1 is 1.06 bits per heavy atom. The predicted octanol–water partition coefficient (Wildman–Crippen LogP) is 3.91. The number of hydrogen-bond donors (Lipinski definition) is 0. The molecular formula is C14H9IN2. The standard InChI is InChI=1S/C14H9IN2/c15-13-5-7-14(8-6-13)17-10-12-4-2-1-3-11(12)9-16/h1-8,10H. The molecule has 2 rings (SSSR count). The highest BCUT2D eigenvalue weighted by Crippen LogP contribution is 2.14. The Morgan fingerprint density at radius 2 is 1.76 bits per heavy atom. The minimum Gasteiger partial charge on any atom is -0.256 e. The van der Waals surface area contributed by atoms with E-state index in [1.165, 1.54) is 3.57 Å². The highest BCUT2D eigenvalue weighted by molar-refractivity contribution is 14.1. The molecule has 0 atom stereocenters. The van der Waals surface area contributed by atoms with Crippen molar-refractivity contribution in [2.45, 2.75) is 0 Å². The summed E-state index contributed by atoms with van der Waals surface area (Å²) in [4.78, 5) is 4.35. The molecule has 0 aliphatic rings. The molecule has 2 nitrogen and oxygen atoms in total. The molecule has 0 saturated carbocycles. The zero-order valence-corrected chi connectivity index (χ0v) is 11.1. The van der Waals surface area contributed by atoms with E-state index in [4.69, 9.17) is 5.26 Å². The molecule has 0 fully saturated rings. The van der Waals surface area contributed by atoms with Gasteiger partial charge in [-0.15, -0.1) is 0 Å². The molecule has 0 aliphatic heterocycles. The van der Waals surface area contributed by atoms with Gasteiger partial charge in [-0.05, 0) is 52.9 Å². The smallest absolute Gasteiger partial charge is 0.0998 e. The van der Waals surface area contributed by atoms with Crippen molar-refractivity contribution in [3.63, 3.8) is 0 Å². The molecule has 0 N–H and O–H groups in total. The predicted molar refractivity (Wildman–Crippen MR) is 77.6 cm³/mol. The molecule has 2 aromatic carbocycles. The molecule has 0 saturated heterocycles. The van der Waals surface area contributed by atoms with Crippen LogP contribution >= 0.6 is 22.6 Å². The van der Waals surface area contributed by atoms with Crippen LogP contribution in [0.5, 0.6) is 0 Å². The zero-order valence-electron chi connectivity index (χ0n) is 8.97. The minimum absolute atomic E-state index is 0.641. The van der Waals surface area contributed by atoms with Gasteiger partial charge in [-0.1, -0.05) is 18.2 Å². The number of aliphatic imine (C=N–C) groups is 1. The first-order valence-electron chi connectivity index (χ1n) is 5.08. The Bertz CT molecular complexity index is 580. The van der Waals surface area contributed by atoms with Crippen molar-refractivity contribution in [3.8, 4) is 6.07 Å². The van der Waals surface area contributed by atoms with Crippen LogP contribution in [0.4, 0.5) is 5.69 Å². The number of nitrogens with zero attached hydrogens (tertiary/aromatic N) is 2. The highest BCUT2D eigenvalue weighted by Gasteiger charge is 1.96. The fraction of sp³-hybridized carbons (Fsp3) is 0. The van der Waals surface area contributed by atoms with E-state index < -0.39 is 0 Å². The third-order valence-corrected chi connectivity index (χ3v) is 2.98. The van der Waals surface area contributed by atoms with Crippen LogP contribution in [0, 0.1) is 14.9 Å². The summed E-state index contributed by atoms with van der Waals surface area (Å²) in [5.41, 5.74) is 2.37. The average molecular weight is 332 g/mol. The quantitative estimate of drug-likeness (QED) is 0.607. The molecule has 2 aromatic rings. The van der Waals surface area contributed by atoms with E-state index in [1.807, 2.05) is 42.5 Å². The van der Waals surface area contributed by atoms with Gasteiger partial charge in [0.25, 0.3) is 0 Å². The maximum atomic E-state index is 8.94. The Kier molecular flexibility index (Phi) is 3.89. The van der Waals surface area contributed by atoms with Crippen LogP contribution in [0.25, 0.3) is 0 Å². The van der Waals surface area contributed by atoms with Crippen LogP contribution in [0.3, 0.4) is 0 Å². The minimum atomic E-state index is 0.641. The number of hydrogen-bond acceptors (Lipinski definition) is 2. The van der Waals surface area contributed by atoms with Crippen LogP contribution in [0.15, 0.2) is 53.5 Å². The van der Waals surface area contributed by atoms with E-state index in [-0.39, 0.29) is 0 Å². The van der Waals surface area contributed by atoms with Gasteiger partial charge in [0, 0.05) is 15.3 Å². The third-order valence-electron chi connectivity index (χ3n) is 2.26. The van der Waals surface area contributed by atoms with Crippen molar-refractivity contribution in [1.29, 1.82) is 5.26 Å². The largest absolute Gasteiger partial charge is 0.256 e. The fourth-order valence-corrected chi connectivity index (χ4v) is 1.74. The molecule has 0 aliphatic carbocycles. The lowest BCUT2D eigenvalue weighted by Gasteiger charge is -1.96. The molecule has 0 bridgehead atoms. The van der Waals surface area contributed by atoms with Crippen molar-refractivity contribution in [2.75, 3.05) is 0 Å². The molecule has 0 radical (unpaired) electrons. The summed E-state index contributed by atoms with van der Waals surface area (Å²) in [5.74, 6) is 0. The summed E-state index contributed by atoms with van der Waals surface area (Å²) < 4.78 is 1.18. The molecule has 82 valence electrons. The summed E-state index contributed by atoms with van der Waals surface area (Å²) in [6.07, 6.45) is 1.72. The van der Waals surface area contributed by atoms with Gasteiger partial charge in [0.2, 0.25) is 0 Å². The van der Waals surface area contributed by atoms with E-state index >= 15 is 0 Å². The number of nitriles is 1. The van der Waals surface area contributed by atoms with Gasteiger partial charge in [-0.2, -0.15) is 5.26 Å². The van der Waals surface area contributed by atoms with Crippen LogP contribution in [-0.2, 0) is 0 Å². The van der Waals surface area contributed by atoms with E-state index in [0.717, 1.165) is 11.3 Å². The summed E-state index contributed by atoms with van der Waals surface area (Å²) in [6.45, 7) is 0. The van der Waals surface area contributed by atoms with Crippen molar-refractivity contribution in [1.82, 2.24) is 0 Å². The Balaban J connectivity index is 2.26. The second-order valence-corrected chi connectivity index (χ2v) is 4.68.